The second-order valence-corrected chi connectivity index (χ2v) is 9.13. The van der Waals surface area contributed by atoms with Gasteiger partial charge in [-0.15, -0.1) is 17.9 Å². The fourth-order valence-electron chi connectivity index (χ4n) is 3.98. The third kappa shape index (κ3) is 7.61. The van der Waals surface area contributed by atoms with E-state index >= 15 is 0 Å². The maximum atomic E-state index is 13.6. The quantitative estimate of drug-likeness (QED) is 0.323. The van der Waals surface area contributed by atoms with Crippen molar-refractivity contribution in [1.29, 1.82) is 0 Å². The van der Waals surface area contributed by atoms with Gasteiger partial charge in [0.15, 0.2) is 0 Å². The number of amides is 1. The van der Waals surface area contributed by atoms with Gasteiger partial charge in [-0.2, -0.15) is 0 Å². The molecule has 34 heavy (non-hydrogen) atoms. The number of benzene rings is 1. The van der Waals surface area contributed by atoms with Gasteiger partial charge in [0, 0.05) is 37.7 Å². The van der Waals surface area contributed by atoms with Gasteiger partial charge in [0.25, 0.3) is 0 Å². The summed E-state index contributed by atoms with van der Waals surface area (Å²) in [5, 5.41) is 12.4. The molecule has 2 aromatic rings. The minimum atomic E-state index is -0.735. The molecule has 0 aliphatic carbocycles. The number of hydrogen-bond acceptors (Lipinski definition) is 7. The average Bonchev–Trinajstić information content (AvgIpc) is 3.30. The lowest BCUT2D eigenvalue weighted by Gasteiger charge is -2.37. The van der Waals surface area contributed by atoms with E-state index < -0.39 is 6.10 Å². The first-order valence-electron chi connectivity index (χ1n) is 11.3. The van der Waals surface area contributed by atoms with Gasteiger partial charge in [-0.1, -0.05) is 12.1 Å². The van der Waals surface area contributed by atoms with Crippen LogP contribution >= 0.6 is 11.3 Å². The molecule has 1 N–H and O–H groups in total. The minimum Gasteiger partial charge on any atom is -0.491 e. The van der Waals surface area contributed by atoms with Gasteiger partial charge in [0.05, 0.1) is 38.5 Å². The van der Waals surface area contributed by atoms with E-state index in [-0.39, 0.29) is 44.1 Å². The van der Waals surface area contributed by atoms with Crippen molar-refractivity contribution in [2.45, 2.75) is 18.6 Å². The Balaban J connectivity index is 1.68. The Hall–Kier alpha value is -2.30. The molecular formula is C25H33FN2O5S. The van der Waals surface area contributed by atoms with Crippen molar-refractivity contribution in [2.24, 2.45) is 0 Å². The van der Waals surface area contributed by atoms with Crippen LogP contribution in [0.5, 0.6) is 5.75 Å². The summed E-state index contributed by atoms with van der Waals surface area (Å²) in [6.45, 7) is 6.29. The molecule has 0 radical (unpaired) electrons. The molecule has 1 aromatic heterocycles. The molecule has 2 atom stereocenters. The maximum Gasteiger partial charge on any atom is 0.237 e. The number of carbonyl (C=O) groups excluding carboxylic acids is 1. The van der Waals surface area contributed by atoms with E-state index in [1.165, 1.54) is 17.0 Å². The average molecular weight is 493 g/mol. The molecule has 1 aromatic carbocycles. The fourth-order valence-corrected chi connectivity index (χ4v) is 4.91. The molecule has 9 heteroatoms. The molecule has 186 valence electrons. The van der Waals surface area contributed by atoms with Gasteiger partial charge in [-0.25, -0.2) is 4.39 Å². The number of ether oxygens (including phenoxy) is 3. The zero-order valence-corrected chi connectivity index (χ0v) is 20.3. The summed E-state index contributed by atoms with van der Waals surface area (Å²) in [7, 11) is 1.60. The fraction of sp³-hybridized carbons (Fsp3) is 0.480. The van der Waals surface area contributed by atoms with E-state index in [4.69, 9.17) is 14.2 Å². The number of nitrogens with zero attached hydrogens (tertiary/aromatic N) is 2. The van der Waals surface area contributed by atoms with Crippen molar-refractivity contribution >= 4 is 17.2 Å². The Morgan fingerprint density at radius 1 is 1.44 bits per heavy atom. The zero-order valence-electron chi connectivity index (χ0n) is 19.5. The highest BCUT2D eigenvalue weighted by Gasteiger charge is 2.33. The number of methoxy groups -OCH3 is 1. The first kappa shape index (κ1) is 26.3. The molecule has 3 rings (SSSR count). The van der Waals surface area contributed by atoms with Crippen LogP contribution in [-0.4, -0.2) is 86.6 Å². The van der Waals surface area contributed by atoms with Crippen molar-refractivity contribution in [2.75, 3.05) is 59.7 Å². The Morgan fingerprint density at radius 2 is 2.29 bits per heavy atom. The van der Waals surface area contributed by atoms with Crippen molar-refractivity contribution < 1.29 is 28.5 Å². The molecular weight excluding hydrogens is 459 g/mol. The van der Waals surface area contributed by atoms with Crippen molar-refractivity contribution in [3.05, 3.63) is 64.6 Å². The topological polar surface area (TPSA) is 71.5 Å². The van der Waals surface area contributed by atoms with Gasteiger partial charge in [-0.05, 0) is 35.6 Å². The van der Waals surface area contributed by atoms with E-state index in [2.05, 4.69) is 6.58 Å². The monoisotopic (exact) mass is 492 g/mol. The molecule has 1 aliphatic rings. The first-order valence-corrected chi connectivity index (χ1v) is 12.2. The summed E-state index contributed by atoms with van der Waals surface area (Å²) in [6, 6.07) is 7.77. The first-order chi connectivity index (χ1) is 16.5. The predicted octanol–water partition coefficient (Wildman–Crippen LogP) is 2.90. The number of halogens is 1. The lowest BCUT2D eigenvalue weighted by molar-refractivity contribution is -0.136. The Labute approximate surface area is 204 Å². The van der Waals surface area contributed by atoms with Crippen LogP contribution in [0.2, 0.25) is 0 Å². The summed E-state index contributed by atoms with van der Waals surface area (Å²) in [5.41, 5.74) is 1.07. The Bertz CT molecular complexity index is 924. The Kier molecular flexibility index (Phi) is 10.5. The minimum absolute atomic E-state index is 0.0556. The van der Waals surface area contributed by atoms with E-state index in [1.54, 1.807) is 36.7 Å². The van der Waals surface area contributed by atoms with E-state index in [0.29, 0.717) is 32.1 Å². The third-order valence-corrected chi connectivity index (χ3v) is 6.60. The number of hydrogen-bond donors (Lipinski definition) is 1. The van der Waals surface area contributed by atoms with Crippen molar-refractivity contribution in [3.8, 4) is 5.75 Å². The van der Waals surface area contributed by atoms with Crippen LogP contribution in [0.25, 0.3) is 0 Å². The van der Waals surface area contributed by atoms with Crippen LogP contribution in [0.3, 0.4) is 0 Å². The van der Waals surface area contributed by atoms with E-state index in [0.717, 1.165) is 12.0 Å². The van der Waals surface area contributed by atoms with Crippen LogP contribution in [0.15, 0.2) is 48.4 Å². The van der Waals surface area contributed by atoms with Gasteiger partial charge in [0.1, 0.15) is 18.2 Å². The van der Waals surface area contributed by atoms with Gasteiger partial charge in [-0.3, -0.25) is 9.69 Å². The number of rotatable bonds is 14. The highest BCUT2D eigenvalue weighted by Crippen LogP contribution is 2.34. The summed E-state index contributed by atoms with van der Waals surface area (Å²) < 4.78 is 30.0. The van der Waals surface area contributed by atoms with Gasteiger partial charge in [0.2, 0.25) is 5.91 Å². The molecule has 0 saturated carbocycles. The lowest BCUT2D eigenvalue weighted by Crippen LogP contribution is -2.48. The van der Waals surface area contributed by atoms with E-state index in [1.807, 2.05) is 21.2 Å². The molecule has 1 aliphatic heterocycles. The molecule has 0 unspecified atom stereocenters. The standard InChI is InChI=1S/C25H33FN2O5S/c1-3-11-32-17-20(29)15-27(10-12-31-2)16-25(30)28-9-7-24-22(8-13-34-24)23(28)18-33-21-6-4-5-19(26)14-21/h3-6,8,13-14,20,23,29H,1,7,9-12,15-18H2,2H3/t20-,23-/m0/s1. The highest BCUT2D eigenvalue weighted by atomic mass is 32.1. The molecule has 0 saturated heterocycles. The van der Waals surface area contributed by atoms with Crippen LogP contribution < -0.4 is 4.74 Å². The molecule has 0 fully saturated rings. The molecule has 1 amide bonds. The van der Waals surface area contributed by atoms with Gasteiger partial charge >= 0.3 is 0 Å². The van der Waals surface area contributed by atoms with Crippen molar-refractivity contribution in [3.63, 3.8) is 0 Å². The highest BCUT2D eigenvalue weighted by molar-refractivity contribution is 7.10. The summed E-state index contributed by atoms with van der Waals surface area (Å²) in [4.78, 5) is 18.4. The second-order valence-electron chi connectivity index (χ2n) is 8.13. The smallest absolute Gasteiger partial charge is 0.237 e. The van der Waals surface area contributed by atoms with Crippen LogP contribution in [-0.2, 0) is 20.7 Å². The summed E-state index contributed by atoms with van der Waals surface area (Å²) in [5.74, 6) is 0.00818. The number of carbonyl (C=O) groups is 1. The number of aliphatic hydroxyl groups is 1. The number of fused-ring (bicyclic) bond motifs is 1. The number of thiophene rings is 1. The normalized spacial score (nSPS) is 16.4. The molecule has 0 bridgehead atoms. The molecule has 7 nitrogen and oxygen atoms in total. The summed E-state index contributed by atoms with van der Waals surface area (Å²) >= 11 is 1.68. The SMILES string of the molecule is C=CCOC[C@@H](O)CN(CCOC)CC(=O)N1CCc2sccc2[C@@H]1COc1cccc(F)c1. The largest absolute Gasteiger partial charge is 0.491 e. The molecule has 0 spiro atoms. The van der Waals surface area contributed by atoms with Crippen LogP contribution in [0.1, 0.15) is 16.5 Å². The zero-order chi connectivity index (χ0) is 24.3. The van der Waals surface area contributed by atoms with Crippen LogP contribution in [0.4, 0.5) is 4.39 Å². The van der Waals surface area contributed by atoms with E-state index in [9.17, 15) is 14.3 Å². The van der Waals surface area contributed by atoms with Crippen molar-refractivity contribution in [1.82, 2.24) is 9.80 Å². The summed E-state index contributed by atoms with van der Waals surface area (Å²) in [6.07, 6.45) is 1.67. The third-order valence-electron chi connectivity index (χ3n) is 5.60. The molecule has 2 heterocycles. The maximum absolute atomic E-state index is 13.6. The number of aliphatic hydroxyl groups excluding tert-OH is 1. The Morgan fingerprint density at radius 3 is 3.06 bits per heavy atom. The second kappa shape index (κ2) is 13.6. The lowest BCUT2D eigenvalue weighted by atomic mass is 10.0. The van der Waals surface area contributed by atoms with Crippen LogP contribution in [0, 0.1) is 5.82 Å². The van der Waals surface area contributed by atoms with Gasteiger partial charge < -0.3 is 24.2 Å². The predicted molar refractivity (Wildman–Crippen MR) is 130 cm³/mol.